The van der Waals surface area contributed by atoms with Crippen molar-refractivity contribution >= 4 is 28.9 Å². The highest BCUT2D eigenvalue weighted by Gasteiger charge is 2.08. The van der Waals surface area contributed by atoms with Gasteiger partial charge in [-0.2, -0.15) is 0 Å². The third-order valence-electron chi connectivity index (χ3n) is 3.52. The Kier molecular flexibility index (Phi) is 5.52. The van der Waals surface area contributed by atoms with Gasteiger partial charge >= 0.3 is 0 Å². The molecule has 0 aliphatic rings. The minimum Gasteiger partial charge on any atom is -0.374 e. The molecule has 0 radical (unpaired) electrons. The van der Waals surface area contributed by atoms with Crippen molar-refractivity contribution in [3.63, 3.8) is 0 Å². The van der Waals surface area contributed by atoms with Gasteiger partial charge in [-0.25, -0.2) is 4.39 Å². The number of carbonyl (C=O) groups excluding carboxylic acids is 2. The number of benzene rings is 2. The molecule has 0 bridgehead atoms. The zero-order chi connectivity index (χ0) is 17.7. The Balaban J connectivity index is 1.98. The summed E-state index contributed by atoms with van der Waals surface area (Å²) in [5, 5.41) is 8.05. The molecule has 5 nitrogen and oxygen atoms in total. The number of hydrogen-bond acceptors (Lipinski definition) is 3. The minimum absolute atomic E-state index is 0.0899. The highest BCUT2D eigenvalue weighted by Crippen LogP contribution is 2.19. The van der Waals surface area contributed by atoms with Gasteiger partial charge in [-0.3, -0.25) is 9.59 Å². The first-order chi connectivity index (χ1) is 11.3. The van der Waals surface area contributed by atoms with Crippen LogP contribution in [0.25, 0.3) is 0 Å². The monoisotopic (exact) mass is 329 g/mol. The fourth-order valence-electron chi connectivity index (χ4n) is 2.14. The molecule has 2 amide bonds. The molecular weight excluding hydrogens is 309 g/mol. The van der Waals surface area contributed by atoms with Gasteiger partial charge in [0.2, 0.25) is 11.8 Å². The first-order valence-corrected chi connectivity index (χ1v) is 7.53. The summed E-state index contributed by atoms with van der Waals surface area (Å²) in [5.41, 5.74) is 3.52. The van der Waals surface area contributed by atoms with Crippen LogP contribution in [0.2, 0.25) is 0 Å². The fraction of sp³-hybridized carbons (Fsp3) is 0.222. The molecule has 0 aliphatic heterocycles. The highest BCUT2D eigenvalue weighted by molar-refractivity contribution is 5.94. The molecule has 0 aliphatic carbocycles. The smallest absolute Gasteiger partial charge is 0.243 e. The van der Waals surface area contributed by atoms with Gasteiger partial charge in [0.15, 0.2) is 0 Å². The predicted octanol–water partition coefficient (Wildman–Crippen LogP) is 3.45. The summed E-state index contributed by atoms with van der Waals surface area (Å²) < 4.78 is 13.8. The molecule has 0 unspecified atom stereocenters. The van der Waals surface area contributed by atoms with Crippen molar-refractivity contribution < 1.29 is 14.0 Å². The maximum absolute atomic E-state index is 13.8. The van der Waals surface area contributed by atoms with Crippen LogP contribution < -0.4 is 16.0 Å². The molecule has 0 saturated heterocycles. The lowest BCUT2D eigenvalue weighted by Crippen LogP contribution is -2.22. The van der Waals surface area contributed by atoms with Crippen molar-refractivity contribution in [2.75, 3.05) is 22.5 Å². The van der Waals surface area contributed by atoms with Crippen LogP contribution in [0.4, 0.5) is 21.5 Å². The van der Waals surface area contributed by atoms with Crippen LogP contribution in [0.15, 0.2) is 36.4 Å². The molecule has 0 aromatic heterocycles. The molecule has 126 valence electrons. The maximum Gasteiger partial charge on any atom is 0.243 e. The number of rotatable bonds is 5. The molecule has 2 aromatic carbocycles. The van der Waals surface area contributed by atoms with E-state index in [9.17, 15) is 14.0 Å². The van der Waals surface area contributed by atoms with Gasteiger partial charge in [0.25, 0.3) is 0 Å². The minimum atomic E-state index is -0.497. The number of amides is 2. The average Bonchev–Trinajstić information content (AvgIpc) is 2.51. The second-order valence-corrected chi connectivity index (χ2v) is 5.58. The quantitative estimate of drug-likeness (QED) is 0.787. The van der Waals surface area contributed by atoms with Crippen LogP contribution in [0.1, 0.15) is 18.1 Å². The normalized spacial score (nSPS) is 10.2. The van der Waals surface area contributed by atoms with Gasteiger partial charge in [-0.05, 0) is 55.3 Å². The number of hydrogen-bond donors (Lipinski definition) is 3. The number of carbonyl (C=O) groups is 2. The van der Waals surface area contributed by atoms with Gasteiger partial charge in [0, 0.05) is 18.3 Å². The first kappa shape index (κ1) is 17.5. The van der Waals surface area contributed by atoms with Crippen LogP contribution >= 0.6 is 0 Å². The number of anilines is 3. The summed E-state index contributed by atoms with van der Waals surface area (Å²) in [6.45, 7) is 5.24. The molecule has 0 atom stereocenters. The summed E-state index contributed by atoms with van der Waals surface area (Å²) in [7, 11) is 0. The summed E-state index contributed by atoms with van der Waals surface area (Å²) >= 11 is 0. The van der Waals surface area contributed by atoms with Crippen molar-refractivity contribution in [1.82, 2.24) is 0 Å². The summed E-state index contributed by atoms with van der Waals surface area (Å²) in [5.74, 6) is -1.04. The van der Waals surface area contributed by atoms with E-state index in [0.717, 1.165) is 11.1 Å². The average molecular weight is 329 g/mol. The number of nitrogens with one attached hydrogen (secondary N) is 3. The maximum atomic E-state index is 13.8. The Morgan fingerprint density at radius 3 is 2.29 bits per heavy atom. The largest absolute Gasteiger partial charge is 0.374 e. The summed E-state index contributed by atoms with van der Waals surface area (Å²) in [6.07, 6.45) is 0. The van der Waals surface area contributed by atoms with Gasteiger partial charge in [-0.1, -0.05) is 6.07 Å². The summed E-state index contributed by atoms with van der Waals surface area (Å²) in [4.78, 5) is 23.0. The van der Waals surface area contributed by atoms with E-state index in [2.05, 4.69) is 16.0 Å². The van der Waals surface area contributed by atoms with E-state index in [1.54, 1.807) is 0 Å². The van der Waals surface area contributed by atoms with Crippen LogP contribution in [-0.2, 0) is 9.59 Å². The van der Waals surface area contributed by atoms with Crippen LogP contribution in [0.5, 0.6) is 0 Å². The molecule has 6 heteroatoms. The summed E-state index contributed by atoms with van der Waals surface area (Å²) in [6, 6.07) is 9.75. The number of aryl methyl sites for hydroxylation is 2. The molecule has 0 heterocycles. The fourth-order valence-corrected chi connectivity index (χ4v) is 2.14. The molecule has 24 heavy (non-hydrogen) atoms. The van der Waals surface area contributed by atoms with E-state index in [-0.39, 0.29) is 24.0 Å². The topological polar surface area (TPSA) is 70.2 Å². The lowest BCUT2D eigenvalue weighted by Gasteiger charge is -2.11. The van der Waals surface area contributed by atoms with E-state index in [4.69, 9.17) is 0 Å². The molecule has 2 aromatic rings. The van der Waals surface area contributed by atoms with Gasteiger partial charge < -0.3 is 16.0 Å². The van der Waals surface area contributed by atoms with E-state index in [1.165, 1.54) is 25.1 Å². The van der Waals surface area contributed by atoms with Crippen molar-refractivity contribution in [2.24, 2.45) is 0 Å². The molecule has 0 saturated carbocycles. The Hall–Kier alpha value is -2.89. The Morgan fingerprint density at radius 2 is 1.62 bits per heavy atom. The standard InChI is InChI=1S/C18H20FN3O2/c1-11-4-5-14(8-12(11)2)22-18(24)10-20-17-9-15(21-13(3)23)6-7-16(17)19/h4-9,20H,10H2,1-3H3,(H,21,23)(H,22,24). The first-order valence-electron chi connectivity index (χ1n) is 7.53. The van der Waals surface area contributed by atoms with Crippen molar-refractivity contribution in [3.8, 4) is 0 Å². The lowest BCUT2D eigenvalue weighted by molar-refractivity contribution is -0.115. The SMILES string of the molecule is CC(=O)Nc1ccc(F)c(NCC(=O)Nc2ccc(C)c(C)c2)c1. The van der Waals surface area contributed by atoms with Crippen LogP contribution in [0.3, 0.4) is 0 Å². The van der Waals surface area contributed by atoms with Crippen molar-refractivity contribution in [3.05, 3.63) is 53.3 Å². The van der Waals surface area contributed by atoms with Crippen molar-refractivity contribution in [2.45, 2.75) is 20.8 Å². The predicted molar refractivity (Wildman–Crippen MR) is 93.7 cm³/mol. The Labute approximate surface area is 140 Å². The Morgan fingerprint density at radius 1 is 0.958 bits per heavy atom. The van der Waals surface area contributed by atoms with Gasteiger partial charge in [0.05, 0.1) is 12.2 Å². The third kappa shape index (κ3) is 4.81. The van der Waals surface area contributed by atoms with Crippen LogP contribution in [-0.4, -0.2) is 18.4 Å². The second-order valence-electron chi connectivity index (χ2n) is 5.58. The number of halogens is 1. The highest BCUT2D eigenvalue weighted by atomic mass is 19.1. The Bertz CT molecular complexity index is 775. The van der Waals surface area contributed by atoms with Crippen LogP contribution in [0, 0.1) is 19.7 Å². The third-order valence-corrected chi connectivity index (χ3v) is 3.52. The van der Waals surface area contributed by atoms with Gasteiger partial charge in [0.1, 0.15) is 5.82 Å². The molecule has 0 fully saturated rings. The molecule has 3 N–H and O–H groups in total. The van der Waals surface area contributed by atoms with Gasteiger partial charge in [-0.15, -0.1) is 0 Å². The molecule has 2 rings (SSSR count). The van der Waals surface area contributed by atoms with Crippen molar-refractivity contribution in [1.29, 1.82) is 0 Å². The molecule has 0 spiro atoms. The lowest BCUT2D eigenvalue weighted by atomic mass is 10.1. The zero-order valence-electron chi connectivity index (χ0n) is 13.9. The van der Waals surface area contributed by atoms with E-state index >= 15 is 0 Å². The second kappa shape index (κ2) is 7.59. The zero-order valence-corrected chi connectivity index (χ0v) is 13.9. The van der Waals surface area contributed by atoms with E-state index in [1.807, 2.05) is 32.0 Å². The van der Waals surface area contributed by atoms with E-state index in [0.29, 0.717) is 11.4 Å². The van der Waals surface area contributed by atoms with E-state index < -0.39 is 5.82 Å². The molecular formula is C18H20FN3O2.